The molecule has 106 valence electrons. The summed E-state index contributed by atoms with van der Waals surface area (Å²) in [6.07, 6.45) is 3.12. The lowest BCUT2D eigenvalue weighted by Gasteiger charge is -2.19. The van der Waals surface area contributed by atoms with Crippen LogP contribution in [-0.2, 0) is 0 Å². The van der Waals surface area contributed by atoms with Gasteiger partial charge in [-0.15, -0.1) is 0 Å². The molecule has 6 nitrogen and oxygen atoms in total. The maximum atomic E-state index is 6.30. The van der Waals surface area contributed by atoms with Gasteiger partial charge in [0.25, 0.3) is 0 Å². The summed E-state index contributed by atoms with van der Waals surface area (Å²) in [7, 11) is 4.69. The van der Waals surface area contributed by atoms with Crippen LogP contribution in [0.1, 0.15) is 17.3 Å². The summed E-state index contributed by atoms with van der Waals surface area (Å²) < 4.78 is 15.9. The molecular weight excluding hydrogens is 258 g/mol. The number of methoxy groups -OCH3 is 3. The maximum Gasteiger partial charge on any atom is 0.237 e. The monoisotopic (exact) mass is 275 g/mol. The van der Waals surface area contributed by atoms with Gasteiger partial charge in [-0.1, -0.05) is 6.07 Å². The number of hydrogen-bond donors (Lipinski definition) is 1. The highest BCUT2D eigenvalue weighted by Crippen LogP contribution is 2.37. The molecule has 0 saturated carbocycles. The van der Waals surface area contributed by atoms with Crippen LogP contribution in [-0.4, -0.2) is 31.3 Å². The lowest BCUT2D eigenvalue weighted by Crippen LogP contribution is -2.17. The van der Waals surface area contributed by atoms with Gasteiger partial charge in [-0.25, -0.2) is 4.98 Å². The molecule has 0 radical (unpaired) electrons. The second-order valence-electron chi connectivity index (χ2n) is 4.00. The summed E-state index contributed by atoms with van der Waals surface area (Å²) >= 11 is 0. The maximum absolute atomic E-state index is 6.30. The predicted octanol–water partition coefficient (Wildman–Crippen LogP) is 1.55. The van der Waals surface area contributed by atoms with Crippen molar-refractivity contribution < 1.29 is 14.2 Å². The van der Waals surface area contributed by atoms with E-state index in [0.717, 1.165) is 0 Å². The fraction of sp³-hybridized carbons (Fsp3) is 0.286. The molecular formula is C14H17N3O3. The van der Waals surface area contributed by atoms with E-state index in [1.54, 1.807) is 26.6 Å². The molecule has 0 bridgehead atoms. The van der Waals surface area contributed by atoms with Crippen LogP contribution < -0.4 is 19.9 Å². The Morgan fingerprint density at radius 1 is 0.950 bits per heavy atom. The molecule has 0 fully saturated rings. The lowest BCUT2D eigenvalue weighted by atomic mass is 10.0. The quantitative estimate of drug-likeness (QED) is 0.891. The van der Waals surface area contributed by atoms with Crippen molar-refractivity contribution >= 4 is 0 Å². The number of benzene rings is 1. The third kappa shape index (κ3) is 2.50. The zero-order valence-electron chi connectivity index (χ0n) is 11.7. The zero-order chi connectivity index (χ0) is 14.5. The Hall–Kier alpha value is -2.34. The first kappa shape index (κ1) is 14.1. The molecule has 0 aliphatic carbocycles. The molecule has 0 amide bonds. The minimum absolute atomic E-state index is 0.382. The minimum Gasteiger partial charge on any atom is -0.496 e. The molecule has 6 heteroatoms. The summed E-state index contributed by atoms with van der Waals surface area (Å²) in [5, 5.41) is 0. The van der Waals surface area contributed by atoms with Crippen molar-refractivity contribution in [2.75, 3.05) is 21.3 Å². The molecule has 2 rings (SSSR count). The summed E-state index contributed by atoms with van der Waals surface area (Å²) in [4.78, 5) is 8.36. The van der Waals surface area contributed by atoms with E-state index >= 15 is 0 Å². The van der Waals surface area contributed by atoms with Gasteiger partial charge in [0.15, 0.2) is 0 Å². The number of aromatic nitrogens is 2. The summed E-state index contributed by atoms with van der Waals surface area (Å²) in [5.74, 6) is 1.64. The van der Waals surface area contributed by atoms with E-state index in [1.807, 2.05) is 18.2 Å². The highest BCUT2D eigenvalue weighted by Gasteiger charge is 2.23. The molecule has 20 heavy (non-hydrogen) atoms. The molecule has 0 spiro atoms. The standard InChI is InChI=1S/C14H17N3O3/c1-18-9-5-4-6-10(19-2)11(9)12(15)13-14(20-3)17-8-7-16-13/h4-8,12H,15H2,1-3H3. The smallest absolute Gasteiger partial charge is 0.237 e. The number of nitrogens with two attached hydrogens (primary N) is 1. The van der Waals surface area contributed by atoms with Gasteiger partial charge in [0.1, 0.15) is 17.2 Å². The lowest BCUT2D eigenvalue weighted by molar-refractivity contribution is 0.373. The van der Waals surface area contributed by atoms with Crippen LogP contribution in [0, 0.1) is 0 Å². The van der Waals surface area contributed by atoms with Crippen LogP contribution in [0.3, 0.4) is 0 Å². The van der Waals surface area contributed by atoms with E-state index in [4.69, 9.17) is 19.9 Å². The van der Waals surface area contributed by atoms with Gasteiger partial charge in [-0.2, -0.15) is 0 Å². The van der Waals surface area contributed by atoms with Crippen LogP contribution in [0.25, 0.3) is 0 Å². The number of nitrogens with zero attached hydrogens (tertiary/aromatic N) is 2. The van der Waals surface area contributed by atoms with Crippen molar-refractivity contribution in [3.8, 4) is 17.4 Å². The molecule has 1 aromatic heterocycles. The molecule has 0 aliphatic rings. The van der Waals surface area contributed by atoms with E-state index < -0.39 is 6.04 Å². The van der Waals surface area contributed by atoms with Crippen molar-refractivity contribution in [3.63, 3.8) is 0 Å². The molecule has 1 heterocycles. The first-order chi connectivity index (χ1) is 9.72. The number of hydrogen-bond acceptors (Lipinski definition) is 6. The van der Waals surface area contributed by atoms with Gasteiger partial charge >= 0.3 is 0 Å². The Morgan fingerprint density at radius 3 is 2.10 bits per heavy atom. The van der Waals surface area contributed by atoms with Gasteiger partial charge in [0, 0.05) is 12.4 Å². The van der Waals surface area contributed by atoms with Gasteiger partial charge < -0.3 is 19.9 Å². The van der Waals surface area contributed by atoms with Crippen molar-refractivity contribution in [2.24, 2.45) is 5.73 Å². The average Bonchev–Trinajstić information content (AvgIpc) is 2.53. The van der Waals surface area contributed by atoms with Gasteiger partial charge in [-0.05, 0) is 12.1 Å². The highest BCUT2D eigenvalue weighted by molar-refractivity contribution is 5.50. The normalized spacial score (nSPS) is 11.8. The van der Waals surface area contributed by atoms with Gasteiger partial charge in [-0.3, -0.25) is 4.98 Å². The van der Waals surface area contributed by atoms with Gasteiger partial charge in [0.05, 0.1) is 32.9 Å². The van der Waals surface area contributed by atoms with E-state index in [1.165, 1.54) is 7.11 Å². The SMILES string of the molecule is COc1cccc(OC)c1C(N)c1nccnc1OC. The van der Waals surface area contributed by atoms with Crippen molar-refractivity contribution in [2.45, 2.75) is 6.04 Å². The van der Waals surface area contributed by atoms with Crippen LogP contribution in [0.4, 0.5) is 0 Å². The van der Waals surface area contributed by atoms with Crippen LogP contribution in [0.2, 0.25) is 0 Å². The molecule has 0 aliphatic heterocycles. The first-order valence-electron chi connectivity index (χ1n) is 6.04. The summed E-state index contributed by atoms with van der Waals surface area (Å²) in [6.45, 7) is 0. The highest BCUT2D eigenvalue weighted by atomic mass is 16.5. The summed E-state index contributed by atoms with van der Waals surface area (Å²) in [6, 6.07) is 4.91. The Balaban J connectivity index is 2.55. The topological polar surface area (TPSA) is 79.5 Å². The Labute approximate surface area is 117 Å². The third-order valence-corrected chi connectivity index (χ3v) is 2.96. The number of ether oxygens (including phenoxy) is 3. The average molecular weight is 275 g/mol. The predicted molar refractivity (Wildman–Crippen MR) is 74.2 cm³/mol. The Kier molecular flexibility index (Phi) is 4.37. The second kappa shape index (κ2) is 6.21. The number of rotatable bonds is 5. The van der Waals surface area contributed by atoms with Crippen molar-refractivity contribution in [1.29, 1.82) is 0 Å². The van der Waals surface area contributed by atoms with Crippen molar-refractivity contribution in [3.05, 3.63) is 41.9 Å². The first-order valence-corrected chi connectivity index (χ1v) is 6.04. The van der Waals surface area contributed by atoms with E-state index in [0.29, 0.717) is 28.6 Å². The van der Waals surface area contributed by atoms with Crippen LogP contribution >= 0.6 is 0 Å². The Morgan fingerprint density at radius 2 is 1.55 bits per heavy atom. The minimum atomic E-state index is -0.565. The molecule has 2 N–H and O–H groups in total. The second-order valence-corrected chi connectivity index (χ2v) is 4.00. The summed E-state index contributed by atoms with van der Waals surface area (Å²) in [5.41, 5.74) is 7.53. The molecule has 0 saturated heterocycles. The van der Waals surface area contributed by atoms with Crippen molar-refractivity contribution in [1.82, 2.24) is 9.97 Å². The molecule has 1 aromatic carbocycles. The molecule has 1 unspecified atom stereocenters. The molecule has 1 atom stereocenters. The van der Waals surface area contributed by atoms with E-state index in [9.17, 15) is 0 Å². The van der Waals surface area contributed by atoms with Crippen LogP contribution in [0.5, 0.6) is 17.4 Å². The largest absolute Gasteiger partial charge is 0.496 e. The molecule has 2 aromatic rings. The van der Waals surface area contributed by atoms with E-state index in [-0.39, 0.29) is 0 Å². The zero-order valence-corrected chi connectivity index (χ0v) is 11.7. The Bertz CT molecular complexity index is 567. The fourth-order valence-electron chi connectivity index (χ4n) is 2.03. The van der Waals surface area contributed by atoms with E-state index in [2.05, 4.69) is 9.97 Å². The van der Waals surface area contributed by atoms with Crippen LogP contribution in [0.15, 0.2) is 30.6 Å². The third-order valence-electron chi connectivity index (χ3n) is 2.96. The fourth-order valence-corrected chi connectivity index (χ4v) is 2.03. The van der Waals surface area contributed by atoms with Gasteiger partial charge in [0.2, 0.25) is 5.88 Å².